The van der Waals surface area contributed by atoms with Crippen molar-refractivity contribution in [1.82, 2.24) is 4.98 Å². The molecule has 0 radical (unpaired) electrons. The number of hydrogen-bond acceptors (Lipinski definition) is 6. The molecule has 0 fully saturated rings. The van der Waals surface area contributed by atoms with Crippen LogP contribution in [0, 0.1) is 6.92 Å². The number of carbonyl (C=O) groups excluding carboxylic acids is 1. The van der Waals surface area contributed by atoms with Gasteiger partial charge >= 0.3 is 11.6 Å². The van der Waals surface area contributed by atoms with E-state index in [2.05, 4.69) is 4.98 Å². The molecule has 4 aromatic rings. The lowest BCUT2D eigenvalue weighted by Gasteiger charge is -2.05. The van der Waals surface area contributed by atoms with E-state index in [0.29, 0.717) is 38.6 Å². The molecule has 2 aromatic carbocycles. The van der Waals surface area contributed by atoms with Crippen molar-refractivity contribution in [2.75, 3.05) is 0 Å². The zero-order valence-corrected chi connectivity index (χ0v) is 17.3. The third-order valence-corrected chi connectivity index (χ3v) is 5.00. The molecule has 0 bridgehead atoms. The van der Waals surface area contributed by atoms with Crippen molar-refractivity contribution < 1.29 is 18.4 Å². The van der Waals surface area contributed by atoms with Gasteiger partial charge in [-0.25, -0.2) is 9.78 Å². The predicted molar refractivity (Wildman–Crippen MR) is 113 cm³/mol. The molecule has 6 nitrogen and oxygen atoms in total. The molecule has 0 saturated heterocycles. The molecule has 8 heteroatoms. The zero-order chi connectivity index (χ0) is 21.3. The second-order valence-electron chi connectivity index (χ2n) is 6.62. The van der Waals surface area contributed by atoms with Gasteiger partial charge in [-0.3, -0.25) is 4.79 Å². The molecule has 0 saturated carbocycles. The quantitative estimate of drug-likeness (QED) is 0.226. The number of fused-ring (bicyclic) bond motifs is 1. The largest absolute Gasteiger partial charge is 0.441 e. The van der Waals surface area contributed by atoms with E-state index in [-0.39, 0.29) is 12.8 Å². The van der Waals surface area contributed by atoms with Crippen LogP contribution in [0.2, 0.25) is 10.0 Å². The number of hydrogen-bond donors (Lipinski definition) is 0. The first kappa shape index (κ1) is 20.2. The van der Waals surface area contributed by atoms with Crippen LogP contribution in [0.4, 0.5) is 0 Å². The maximum absolute atomic E-state index is 12.2. The van der Waals surface area contributed by atoms with Gasteiger partial charge in [0.25, 0.3) is 0 Å². The standard InChI is InChI=1S/C22H15Cl2NO5/c1-12-8-22(27)30-18-10-14(3-5-15(12)18)28-21(26)7-6-20-25-11-19(29-20)16-4-2-13(23)9-17(16)24/h2-5,8-11H,6-7H2,1H3. The van der Waals surface area contributed by atoms with Crippen molar-refractivity contribution in [3.05, 3.63) is 80.6 Å². The predicted octanol–water partition coefficient (Wildman–Crippen LogP) is 5.60. The Labute approximate surface area is 181 Å². The fourth-order valence-corrected chi connectivity index (χ4v) is 3.50. The van der Waals surface area contributed by atoms with Gasteiger partial charge in [0.15, 0.2) is 11.7 Å². The highest BCUT2D eigenvalue weighted by Gasteiger charge is 2.13. The van der Waals surface area contributed by atoms with E-state index in [1.54, 1.807) is 36.5 Å². The average Bonchev–Trinajstić information content (AvgIpc) is 3.14. The highest BCUT2D eigenvalue weighted by molar-refractivity contribution is 6.36. The number of oxazole rings is 1. The second-order valence-corrected chi connectivity index (χ2v) is 7.47. The maximum Gasteiger partial charge on any atom is 0.336 e. The molecule has 0 N–H and O–H groups in total. The first-order valence-corrected chi connectivity index (χ1v) is 9.80. The second kappa shape index (κ2) is 8.34. The Morgan fingerprint density at radius 3 is 2.73 bits per heavy atom. The minimum atomic E-state index is -0.464. The summed E-state index contributed by atoms with van der Waals surface area (Å²) in [4.78, 5) is 27.9. The van der Waals surface area contributed by atoms with Crippen LogP contribution in [0.5, 0.6) is 5.75 Å². The summed E-state index contributed by atoms with van der Waals surface area (Å²) in [5.74, 6) is 0.698. The Bertz CT molecular complexity index is 1310. The molecule has 0 unspecified atom stereocenters. The van der Waals surface area contributed by atoms with Crippen LogP contribution in [0.25, 0.3) is 22.3 Å². The monoisotopic (exact) mass is 443 g/mol. The lowest BCUT2D eigenvalue weighted by atomic mass is 10.1. The van der Waals surface area contributed by atoms with Crippen molar-refractivity contribution in [3.63, 3.8) is 0 Å². The lowest BCUT2D eigenvalue weighted by Crippen LogP contribution is -2.09. The van der Waals surface area contributed by atoms with Crippen LogP contribution in [0.3, 0.4) is 0 Å². The normalized spacial score (nSPS) is 11.0. The molecule has 0 aliphatic rings. The Morgan fingerprint density at radius 1 is 1.10 bits per heavy atom. The van der Waals surface area contributed by atoms with E-state index in [1.807, 2.05) is 6.92 Å². The van der Waals surface area contributed by atoms with Gasteiger partial charge in [-0.2, -0.15) is 0 Å². The number of nitrogens with zero attached hydrogens (tertiary/aromatic N) is 1. The number of halogens is 2. The van der Waals surface area contributed by atoms with E-state index in [4.69, 9.17) is 36.8 Å². The minimum Gasteiger partial charge on any atom is -0.441 e. The fourth-order valence-electron chi connectivity index (χ4n) is 3.00. The highest BCUT2D eigenvalue weighted by Crippen LogP contribution is 2.31. The van der Waals surface area contributed by atoms with Gasteiger partial charge in [-0.05, 0) is 42.8 Å². The van der Waals surface area contributed by atoms with Gasteiger partial charge in [0.2, 0.25) is 0 Å². The van der Waals surface area contributed by atoms with Crippen molar-refractivity contribution >= 4 is 40.1 Å². The van der Waals surface area contributed by atoms with Gasteiger partial charge in [0, 0.05) is 34.5 Å². The summed E-state index contributed by atoms with van der Waals surface area (Å²) in [5, 5.41) is 1.75. The number of aromatic nitrogens is 1. The molecule has 0 amide bonds. The molecular formula is C22H15Cl2NO5. The third-order valence-electron chi connectivity index (χ3n) is 4.45. The van der Waals surface area contributed by atoms with Crippen LogP contribution in [-0.4, -0.2) is 11.0 Å². The first-order valence-electron chi connectivity index (χ1n) is 9.04. The van der Waals surface area contributed by atoms with Crippen LogP contribution in [0.1, 0.15) is 17.9 Å². The SMILES string of the molecule is Cc1cc(=O)oc2cc(OC(=O)CCc3ncc(-c4ccc(Cl)cc4Cl)o3)ccc12. The smallest absolute Gasteiger partial charge is 0.336 e. The summed E-state index contributed by atoms with van der Waals surface area (Å²) in [6, 6.07) is 11.4. The van der Waals surface area contributed by atoms with Crippen molar-refractivity contribution in [2.24, 2.45) is 0 Å². The fraction of sp³-hybridized carbons (Fsp3) is 0.136. The molecule has 2 aromatic heterocycles. The van der Waals surface area contributed by atoms with E-state index in [0.717, 1.165) is 10.9 Å². The summed E-state index contributed by atoms with van der Waals surface area (Å²) >= 11 is 12.1. The average molecular weight is 444 g/mol. The summed E-state index contributed by atoms with van der Waals surface area (Å²) in [5.41, 5.74) is 1.36. The van der Waals surface area contributed by atoms with Crippen LogP contribution in [-0.2, 0) is 11.2 Å². The van der Waals surface area contributed by atoms with E-state index in [9.17, 15) is 9.59 Å². The molecule has 4 rings (SSSR count). The highest BCUT2D eigenvalue weighted by atomic mass is 35.5. The number of rotatable bonds is 5. The molecule has 152 valence electrons. The molecular weight excluding hydrogens is 429 g/mol. The van der Waals surface area contributed by atoms with Crippen molar-refractivity contribution in [1.29, 1.82) is 0 Å². The molecule has 30 heavy (non-hydrogen) atoms. The molecule has 0 spiro atoms. The first-order chi connectivity index (χ1) is 14.4. The van der Waals surface area contributed by atoms with Crippen LogP contribution >= 0.6 is 23.2 Å². The van der Waals surface area contributed by atoms with E-state index < -0.39 is 11.6 Å². The van der Waals surface area contributed by atoms with E-state index in [1.165, 1.54) is 12.1 Å². The number of esters is 1. The van der Waals surface area contributed by atoms with Gasteiger partial charge in [-0.1, -0.05) is 23.2 Å². The molecule has 2 heterocycles. The Kier molecular flexibility index (Phi) is 5.61. The number of carbonyl (C=O) groups is 1. The lowest BCUT2D eigenvalue weighted by molar-refractivity contribution is -0.134. The zero-order valence-electron chi connectivity index (χ0n) is 15.8. The minimum absolute atomic E-state index is 0.0596. The third kappa shape index (κ3) is 4.40. The van der Waals surface area contributed by atoms with Gasteiger partial charge < -0.3 is 13.6 Å². The van der Waals surface area contributed by atoms with Crippen molar-refractivity contribution in [2.45, 2.75) is 19.8 Å². The summed E-state index contributed by atoms with van der Waals surface area (Å²) < 4.78 is 16.2. The topological polar surface area (TPSA) is 82.5 Å². The van der Waals surface area contributed by atoms with E-state index >= 15 is 0 Å². The maximum atomic E-state index is 12.2. The summed E-state index contributed by atoms with van der Waals surface area (Å²) in [6.45, 7) is 1.81. The summed E-state index contributed by atoms with van der Waals surface area (Å²) in [6.07, 6.45) is 1.86. The van der Waals surface area contributed by atoms with Crippen molar-refractivity contribution in [3.8, 4) is 17.1 Å². The molecule has 0 aliphatic carbocycles. The van der Waals surface area contributed by atoms with Gasteiger partial charge in [-0.15, -0.1) is 0 Å². The van der Waals surface area contributed by atoms with Gasteiger partial charge in [0.1, 0.15) is 11.3 Å². The Balaban J connectivity index is 1.41. The van der Waals surface area contributed by atoms with Crippen LogP contribution in [0.15, 0.2) is 62.3 Å². The van der Waals surface area contributed by atoms with Gasteiger partial charge in [0.05, 0.1) is 17.6 Å². The number of ether oxygens (including phenoxy) is 1. The number of benzene rings is 2. The molecule has 0 atom stereocenters. The Hall–Kier alpha value is -3.09. The number of aryl methyl sites for hydroxylation is 2. The Morgan fingerprint density at radius 2 is 1.93 bits per heavy atom. The molecule has 0 aliphatic heterocycles. The summed E-state index contributed by atoms with van der Waals surface area (Å²) in [7, 11) is 0. The van der Waals surface area contributed by atoms with Crippen LogP contribution < -0.4 is 10.4 Å².